The standard InChI is InChI=1S/C52H35NS/c1-3-12-36(13-4-1)38-22-24-41(25-23-38)45-16-7-9-20-49(45)53(42-30-26-39(27-31-42)37-14-5-2-6-15-37)43-32-28-40(29-33-43)44-18-11-19-47-46(44)34-35-51-52(47)48-17-8-10-21-50(48)54-51/h1-35H. The van der Waals surface area contributed by atoms with E-state index in [0.29, 0.717) is 0 Å². The average molecular weight is 706 g/mol. The third-order valence-corrected chi connectivity index (χ3v) is 11.7. The highest BCUT2D eigenvalue weighted by Crippen LogP contribution is 2.44. The van der Waals surface area contributed by atoms with Crippen LogP contribution in [-0.4, -0.2) is 0 Å². The van der Waals surface area contributed by atoms with Crippen molar-refractivity contribution < 1.29 is 0 Å². The van der Waals surface area contributed by atoms with Crippen molar-refractivity contribution in [2.75, 3.05) is 4.90 Å². The Hall–Kier alpha value is -6.74. The van der Waals surface area contributed by atoms with E-state index in [9.17, 15) is 0 Å². The van der Waals surface area contributed by atoms with Crippen LogP contribution in [0.25, 0.3) is 75.5 Å². The van der Waals surface area contributed by atoms with E-state index in [4.69, 9.17) is 0 Å². The Morgan fingerprint density at radius 3 is 1.44 bits per heavy atom. The fraction of sp³-hybridized carbons (Fsp3) is 0. The summed E-state index contributed by atoms with van der Waals surface area (Å²) in [6.45, 7) is 0. The van der Waals surface area contributed by atoms with E-state index >= 15 is 0 Å². The predicted molar refractivity (Wildman–Crippen MR) is 233 cm³/mol. The molecule has 54 heavy (non-hydrogen) atoms. The molecule has 0 aliphatic rings. The predicted octanol–water partition coefficient (Wildman–Crippen LogP) is 15.3. The van der Waals surface area contributed by atoms with Crippen molar-refractivity contribution >= 4 is 59.3 Å². The van der Waals surface area contributed by atoms with Gasteiger partial charge < -0.3 is 4.90 Å². The molecule has 10 aromatic rings. The third-order valence-electron chi connectivity index (χ3n) is 10.5. The molecule has 9 aromatic carbocycles. The Morgan fingerprint density at radius 1 is 0.278 bits per heavy atom. The molecule has 0 saturated heterocycles. The van der Waals surface area contributed by atoms with Crippen LogP contribution in [0.4, 0.5) is 17.1 Å². The van der Waals surface area contributed by atoms with Crippen molar-refractivity contribution in [3.05, 3.63) is 212 Å². The molecule has 0 amide bonds. The third kappa shape index (κ3) is 5.74. The summed E-state index contributed by atoms with van der Waals surface area (Å²) < 4.78 is 2.66. The summed E-state index contributed by atoms with van der Waals surface area (Å²) >= 11 is 1.87. The van der Waals surface area contributed by atoms with Gasteiger partial charge in [0.05, 0.1) is 5.69 Å². The summed E-state index contributed by atoms with van der Waals surface area (Å²) in [7, 11) is 0. The van der Waals surface area contributed by atoms with Crippen molar-refractivity contribution in [3.63, 3.8) is 0 Å². The van der Waals surface area contributed by atoms with Crippen LogP contribution in [0.3, 0.4) is 0 Å². The summed E-state index contributed by atoms with van der Waals surface area (Å²) in [6.07, 6.45) is 0. The highest BCUT2D eigenvalue weighted by Gasteiger charge is 2.18. The molecule has 0 radical (unpaired) electrons. The molecule has 1 nitrogen and oxygen atoms in total. The second-order valence-corrected chi connectivity index (χ2v) is 14.8. The lowest BCUT2D eigenvalue weighted by Crippen LogP contribution is -2.11. The van der Waals surface area contributed by atoms with Crippen LogP contribution >= 0.6 is 11.3 Å². The molecule has 0 bridgehead atoms. The van der Waals surface area contributed by atoms with Crippen LogP contribution in [-0.2, 0) is 0 Å². The molecule has 0 N–H and O–H groups in total. The molecule has 0 aliphatic carbocycles. The minimum absolute atomic E-state index is 1.10. The van der Waals surface area contributed by atoms with Gasteiger partial charge in [-0.15, -0.1) is 11.3 Å². The first kappa shape index (κ1) is 32.0. The zero-order valence-electron chi connectivity index (χ0n) is 29.6. The van der Waals surface area contributed by atoms with Gasteiger partial charge >= 0.3 is 0 Å². The Morgan fingerprint density at radius 2 is 0.759 bits per heavy atom. The number of nitrogens with zero attached hydrogens (tertiary/aromatic N) is 1. The molecule has 0 spiro atoms. The van der Waals surface area contributed by atoms with E-state index in [-0.39, 0.29) is 0 Å². The van der Waals surface area contributed by atoms with Gasteiger partial charge in [-0.05, 0) is 92.2 Å². The maximum atomic E-state index is 2.39. The molecule has 0 aliphatic heterocycles. The van der Waals surface area contributed by atoms with Gasteiger partial charge in [0.15, 0.2) is 0 Å². The fourth-order valence-electron chi connectivity index (χ4n) is 7.87. The van der Waals surface area contributed by atoms with Gasteiger partial charge in [0.2, 0.25) is 0 Å². The van der Waals surface area contributed by atoms with E-state index < -0.39 is 0 Å². The SMILES string of the molecule is c1ccc(-c2ccc(-c3ccccc3N(c3ccc(-c4ccccc4)cc3)c3ccc(-c4cccc5c4ccc4sc6ccccc6c45)cc3)cc2)cc1. The van der Waals surface area contributed by atoms with Crippen LogP contribution in [0.1, 0.15) is 0 Å². The number of fused-ring (bicyclic) bond motifs is 5. The molecule has 0 unspecified atom stereocenters. The lowest BCUT2D eigenvalue weighted by molar-refractivity contribution is 1.28. The lowest BCUT2D eigenvalue weighted by Gasteiger charge is -2.28. The number of para-hydroxylation sites is 1. The van der Waals surface area contributed by atoms with Gasteiger partial charge in [-0.2, -0.15) is 0 Å². The van der Waals surface area contributed by atoms with Crippen molar-refractivity contribution in [1.29, 1.82) is 0 Å². The van der Waals surface area contributed by atoms with Crippen molar-refractivity contribution in [1.82, 2.24) is 0 Å². The Kier molecular flexibility index (Phi) is 8.09. The molecule has 1 aromatic heterocycles. The van der Waals surface area contributed by atoms with E-state index in [0.717, 1.165) is 17.1 Å². The van der Waals surface area contributed by atoms with E-state index in [1.807, 2.05) is 11.3 Å². The van der Waals surface area contributed by atoms with Crippen molar-refractivity contribution in [2.24, 2.45) is 0 Å². The second-order valence-electron chi connectivity index (χ2n) is 13.7. The molecule has 1 heterocycles. The Balaban J connectivity index is 1.08. The minimum Gasteiger partial charge on any atom is -0.310 e. The molecule has 0 saturated carbocycles. The van der Waals surface area contributed by atoms with Crippen molar-refractivity contribution in [2.45, 2.75) is 0 Å². The number of benzene rings is 9. The Labute approximate surface area is 319 Å². The molecule has 0 atom stereocenters. The zero-order valence-corrected chi connectivity index (χ0v) is 30.4. The molecule has 10 rings (SSSR count). The lowest BCUT2D eigenvalue weighted by atomic mass is 9.95. The highest BCUT2D eigenvalue weighted by atomic mass is 32.1. The summed E-state index contributed by atoms with van der Waals surface area (Å²) in [4.78, 5) is 2.39. The number of rotatable bonds is 7. The largest absolute Gasteiger partial charge is 0.310 e. The summed E-state index contributed by atoms with van der Waals surface area (Å²) in [6, 6.07) is 77.0. The quantitative estimate of drug-likeness (QED) is 0.160. The van der Waals surface area contributed by atoms with Gasteiger partial charge in [0, 0.05) is 37.1 Å². The molecule has 0 fully saturated rings. The maximum Gasteiger partial charge on any atom is 0.0540 e. The van der Waals surface area contributed by atoms with Crippen LogP contribution in [0, 0.1) is 0 Å². The fourth-order valence-corrected chi connectivity index (χ4v) is 8.99. The van der Waals surface area contributed by atoms with Gasteiger partial charge in [-0.25, -0.2) is 0 Å². The van der Waals surface area contributed by atoms with E-state index in [2.05, 4.69) is 217 Å². The topological polar surface area (TPSA) is 3.24 Å². The molecule has 2 heteroatoms. The summed E-state index contributed by atoms with van der Waals surface area (Å²) in [5, 5.41) is 5.26. The van der Waals surface area contributed by atoms with Gasteiger partial charge in [0.1, 0.15) is 0 Å². The first-order chi connectivity index (χ1) is 26.8. The van der Waals surface area contributed by atoms with Gasteiger partial charge in [0.25, 0.3) is 0 Å². The van der Waals surface area contributed by atoms with Gasteiger partial charge in [-0.3, -0.25) is 0 Å². The molecular formula is C52H35NS. The summed E-state index contributed by atoms with van der Waals surface area (Å²) in [5.41, 5.74) is 13.0. The van der Waals surface area contributed by atoms with E-state index in [1.54, 1.807) is 0 Å². The highest BCUT2D eigenvalue weighted by molar-refractivity contribution is 7.26. The molecular weight excluding hydrogens is 671 g/mol. The maximum absolute atomic E-state index is 2.39. The van der Waals surface area contributed by atoms with Crippen LogP contribution in [0.5, 0.6) is 0 Å². The molecule has 254 valence electrons. The smallest absolute Gasteiger partial charge is 0.0540 e. The number of hydrogen-bond acceptors (Lipinski definition) is 2. The number of hydrogen-bond donors (Lipinski definition) is 0. The first-order valence-corrected chi connectivity index (χ1v) is 19.2. The van der Waals surface area contributed by atoms with Crippen LogP contribution in [0.2, 0.25) is 0 Å². The van der Waals surface area contributed by atoms with Crippen molar-refractivity contribution in [3.8, 4) is 44.5 Å². The number of anilines is 3. The van der Waals surface area contributed by atoms with Gasteiger partial charge in [-0.1, -0.05) is 170 Å². The summed E-state index contributed by atoms with van der Waals surface area (Å²) in [5.74, 6) is 0. The van der Waals surface area contributed by atoms with E-state index in [1.165, 1.54) is 75.5 Å². The monoisotopic (exact) mass is 705 g/mol. The van der Waals surface area contributed by atoms with Crippen LogP contribution < -0.4 is 4.90 Å². The zero-order chi connectivity index (χ0) is 35.8. The normalized spacial score (nSPS) is 11.3. The second kappa shape index (κ2) is 13.7. The first-order valence-electron chi connectivity index (χ1n) is 18.4. The number of thiophene rings is 1. The minimum atomic E-state index is 1.10. The Bertz CT molecular complexity index is 2890. The average Bonchev–Trinajstić information content (AvgIpc) is 3.64. The van der Waals surface area contributed by atoms with Crippen LogP contribution in [0.15, 0.2) is 212 Å².